The number of benzene rings is 2. The standard InChI is InChI=1S/C15H14N2O4/c16-13-5-1-3-11(7-13)9-15(18)21-10-12-4-2-6-14(8-12)17(19)20/h1-8H,9-10,16H2. The number of nitro groups is 1. The summed E-state index contributed by atoms with van der Waals surface area (Å²) >= 11 is 0. The lowest BCUT2D eigenvalue weighted by molar-refractivity contribution is -0.384. The molecule has 0 aliphatic rings. The van der Waals surface area contributed by atoms with Gasteiger partial charge in [-0.25, -0.2) is 0 Å². The smallest absolute Gasteiger partial charge is 0.310 e. The minimum atomic E-state index is -0.488. The van der Waals surface area contributed by atoms with Gasteiger partial charge >= 0.3 is 5.97 Å². The normalized spacial score (nSPS) is 10.1. The van der Waals surface area contributed by atoms with E-state index in [1.165, 1.54) is 12.1 Å². The van der Waals surface area contributed by atoms with Gasteiger partial charge in [0.05, 0.1) is 11.3 Å². The molecule has 2 rings (SSSR count). The van der Waals surface area contributed by atoms with Crippen molar-refractivity contribution in [3.05, 3.63) is 69.8 Å². The van der Waals surface area contributed by atoms with Crippen LogP contribution in [0.25, 0.3) is 0 Å². The van der Waals surface area contributed by atoms with Crippen LogP contribution in [0.15, 0.2) is 48.5 Å². The Labute approximate surface area is 121 Å². The van der Waals surface area contributed by atoms with Crippen molar-refractivity contribution in [3.8, 4) is 0 Å². The molecular weight excluding hydrogens is 272 g/mol. The van der Waals surface area contributed by atoms with Crippen molar-refractivity contribution < 1.29 is 14.5 Å². The lowest BCUT2D eigenvalue weighted by atomic mass is 10.1. The highest BCUT2D eigenvalue weighted by Crippen LogP contribution is 2.14. The molecule has 0 saturated carbocycles. The first-order valence-electron chi connectivity index (χ1n) is 6.28. The van der Waals surface area contributed by atoms with E-state index in [-0.39, 0.29) is 18.7 Å². The predicted octanol–water partition coefficient (Wildman–Crippen LogP) is 2.46. The molecule has 0 saturated heterocycles. The molecule has 0 aromatic heterocycles. The van der Waals surface area contributed by atoms with Gasteiger partial charge in [-0.2, -0.15) is 0 Å². The van der Waals surface area contributed by atoms with Crippen LogP contribution in [0.4, 0.5) is 11.4 Å². The highest BCUT2D eigenvalue weighted by atomic mass is 16.6. The summed E-state index contributed by atoms with van der Waals surface area (Å²) < 4.78 is 5.10. The maximum atomic E-state index is 11.7. The van der Waals surface area contributed by atoms with E-state index < -0.39 is 10.9 Å². The van der Waals surface area contributed by atoms with Gasteiger partial charge in [0.2, 0.25) is 0 Å². The molecule has 0 heterocycles. The number of hydrogen-bond donors (Lipinski definition) is 1. The molecule has 0 fully saturated rings. The molecule has 2 aromatic rings. The Kier molecular flexibility index (Phi) is 4.50. The quantitative estimate of drug-likeness (QED) is 0.394. The average Bonchev–Trinajstić information content (AvgIpc) is 2.45. The van der Waals surface area contributed by atoms with Crippen LogP contribution in [-0.4, -0.2) is 10.9 Å². The molecule has 21 heavy (non-hydrogen) atoms. The summed E-state index contributed by atoms with van der Waals surface area (Å²) in [5, 5.41) is 10.7. The van der Waals surface area contributed by atoms with Gasteiger partial charge in [0, 0.05) is 17.8 Å². The maximum absolute atomic E-state index is 11.7. The van der Waals surface area contributed by atoms with Gasteiger partial charge in [0.15, 0.2) is 0 Å². The minimum Gasteiger partial charge on any atom is -0.461 e. The fourth-order valence-corrected chi connectivity index (χ4v) is 1.84. The largest absolute Gasteiger partial charge is 0.461 e. The molecule has 0 aliphatic carbocycles. The van der Waals surface area contributed by atoms with E-state index in [1.807, 2.05) is 0 Å². The second-order valence-electron chi connectivity index (χ2n) is 4.51. The van der Waals surface area contributed by atoms with Crippen molar-refractivity contribution in [3.63, 3.8) is 0 Å². The van der Waals surface area contributed by atoms with Gasteiger partial charge in [0.25, 0.3) is 5.69 Å². The number of hydrogen-bond acceptors (Lipinski definition) is 5. The maximum Gasteiger partial charge on any atom is 0.310 e. The fraction of sp³-hybridized carbons (Fsp3) is 0.133. The summed E-state index contributed by atoms with van der Waals surface area (Å²) in [5.41, 5.74) is 7.52. The number of ether oxygens (including phenoxy) is 1. The number of nitrogens with two attached hydrogens (primary N) is 1. The van der Waals surface area contributed by atoms with E-state index in [1.54, 1.807) is 36.4 Å². The Balaban J connectivity index is 1.92. The number of nitro benzene ring substituents is 1. The van der Waals surface area contributed by atoms with Crippen molar-refractivity contribution in [2.45, 2.75) is 13.0 Å². The van der Waals surface area contributed by atoms with Crippen molar-refractivity contribution in [2.75, 3.05) is 5.73 Å². The Morgan fingerprint density at radius 1 is 1.14 bits per heavy atom. The molecule has 0 amide bonds. The topological polar surface area (TPSA) is 95.5 Å². The average molecular weight is 286 g/mol. The molecule has 6 heteroatoms. The molecule has 0 unspecified atom stereocenters. The van der Waals surface area contributed by atoms with Crippen molar-refractivity contribution in [1.29, 1.82) is 0 Å². The predicted molar refractivity (Wildman–Crippen MR) is 77.5 cm³/mol. The summed E-state index contributed by atoms with van der Waals surface area (Å²) in [7, 11) is 0. The van der Waals surface area contributed by atoms with Crippen molar-refractivity contribution in [1.82, 2.24) is 0 Å². The Morgan fingerprint density at radius 3 is 2.57 bits per heavy atom. The third-order valence-corrected chi connectivity index (χ3v) is 2.82. The van der Waals surface area contributed by atoms with Crippen LogP contribution >= 0.6 is 0 Å². The number of esters is 1. The Morgan fingerprint density at radius 2 is 1.86 bits per heavy atom. The molecule has 2 aromatic carbocycles. The third-order valence-electron chi connectivity index (χ3n) is 2.82. The van der Waals surface area contributed by atoms with Crippen LogP contribution in [0.2, 0.25) is 0 Å². The highest BCUT2D eigenvalue weighted by molar-refractivity contribution is 5.73. The number of carbonyl (C=O) groups is 1. The van der Waals surface area contributed by atoms with Gasteiger partial charge < -0.3 is 10.5 Å². The summed E-state index contributed by atoms with van der Waals surface area (Å²) in [6.45, 7) is 0.00281. The molecule has 0 spiro atoms. The molecule has 0 bridgehead atoms. The first-order chi connectivity index (χ1) is 10.0. The first-order valence-corrected chi connectivity index (χ1v) is 6.28. The number of carbonyl (C=O) groups excluding carboxylic acids is 1. The number of rotatable bonds is 5. The molecule has 6 nitrogen and oxygen atoms in total. The summed E-state index contributed by atoms with van der Waals surface area (Å²) in [4.78, 5) is 21.9. The number of anilines is 1. The number of non-ortho nitro benzene ring substituents is 1. The van der Waals surface area contributed by atoms with E-state index in [4.69, 9.17) is 10.5 Å². The summed E-state index contributed by atoms with van der Waals surface area (Å²) in [6.07, 6.45) is 0.111. The minimum absolute atomic E-state index is 0.00281. The van der Waals surface area contributed by atoms with E-state index in [9.17, 15) is 14.9 Å². The van der Waals surface area contributed by atoms with Gasteiger partial charge in [-0.15, -0.1) is 0 Å². The van der Waals surface area contributed by atoms with Gasteiger partial charge in [-0.1, -0.05) is 24.3 Å². The van der Waals surface area contributed by atoms with E-state index in [0.29, 0.717) is 11.3 Å². The van der Waals surface area contributed by atoms with Gasteiger partial charge in [-0.05, 0) is 23.3 Å². The second-order valence-corrected chi connectivity index (χ2v) is 4.51. The molecule has 0 aliphatic heterocycles. The van der Waals surface area contributed by atoms with E-state index >= 15 is 0 Å². The van der Waals surface area contributed by atoms with Crippen LogP contribution < -0.4 is 5.73 Å². The van der Waals surface area contributed by atoms with Gasteiger partial charge in [0.1, 0.15) is 6.61 Å². The molecule has 0 radical (unpaired) electrons. The van der Waals surface area contributed by atoms with Crippen LogP contribution in [0.1, 0.15) is 11.1 Å². The zero-order valence-electron chi connectivity index (χ0n) is 11.2. The molecular formula is C15H14N2O4. The van der Waals surface area contributed by atoms with Crippen LogP contribution in [0.5, 0.6) is 0 Å². The van der Waals surface area contributed by atoms with Crippen LogP contribution in [0.3, 0.4) is 0 Å². The molecule has 0 atom stereocenters. The SMILES string of the molecule is Nc1cccc(CC(=O)OCc2cccc([N+](=O)[O-])c2)c1. The van der Waals surface area contributed by atoms with Crippen molar-refractivity contribution in [2.24, 2.45) is 0 Å². The molecule has 2 N–H and O–H groups in total. The third kappa shape index (κ3) is 4.31. The highest BCUT2D eigenvalue weighted by Gasteiger charge is 2.09. The zero-order chi connectivity index (χ0) is 15.2. The number of nitrogen functional groups attached to an aromatic ring is 1. The summed E-state index contributed by atoms with van der Waals surface area (Å²) in [6, 6.07) is 13.0. The lowest BCUT2D eigenvalue weighted by Gasteiger charge is -2.05. The molecule has 108 valence electrons. The first kappa shape index (κ1) is 14.5. The number of nitrogens with zero attached hydrogens (tertiary/aromatic N) is 1. The van der Waals surface area contributed by atoms with E-state index in [0.717, 1.165) is 5.56 Å². The second kappa shape index (κ2) is 6.51. The Bertz CT molecular complexity index is 670. The van der Waals surface area contributed by atoms with Crippen LogP contribution in [0, 0.1) is 10.1 Å². The monoisotopic (exact) mass is 286 g/mol. The summed E-state index contributed by atoms with van der Waals surface area (Å²) in [5.74, 6) is -0.410. The van der Waals surface area contributed by atoms with Crippen molar-refractivity contribution >= 4 is 17.3 Å². The lowest BCUT2D eigenvalue weighted by Crippen LogP contribution is -2.08. The van der Waals surface area contributed by atoms with E-state index in [2.05, 4.69) is 0 Å². The zero-order valence-corrected chi connectivity index (χ0v) is 11.2. The fourth-order valence-electron chi connectivity index (χ4n) is 1.84. The van der Waals surface area contributed by atoms with Crippen LogP contribution in [-0.2, 0) is 22.6 Å². The van der Waals surface area contributed by atoms with Gasteiger partial charge in [-0.3, -0.25) is 14.9 Å². The Hall–Kier alpha value is -2.89.